The third-order valence-corrected chi connectivity index (χ3v) is 5.15. The van der Waals surface area contributed by atoms with Crippen LogP contribution in [0.1, 0.15) is 27.5 Å². The fourth-order valence-corrected chi connectivity index (χ4v) is 3.85. The van der Waals surface area contributed by atoms with Gasteiger partial charge in [-0.1, -0.05) is 52.3 Å². The van der Waals surface area contributed by atoms with Crippen molar-refractivity contribution in [3.8, 4) is 0 Å². The Bertz CT molecular complexity index is 1060. The Balaban J connectivity index is 1.89. The van der Waals surface area contributed by atoms with Crippen molar-refractivity contribution in [1.82, 2.24) is 4.90 Å². The standard InChI is InChI=1S/C22H16BrFN2O2/c23-16-8-4-7-15(11-16)22(28)26-13-20(27)25-19-10-9-17(24)12-18(19)21(26)14-5-2-1-3-6-14/h1-12,21H,13H2,(H,25,27)/t21-/m0/s1. The predicted octanol–water partition coefficient (Wildman–Crippen LogP) is 4.77. The molecule has 0 unspecified atom stereocenters. The van der Waals surface area contributed by atoms with E-state index < -0.39 is 11.9 Å². The predicted molar refractivity (Wildman–Crippen MR) is 108 cm³/mol. The molecule has 0 aliphatic carbocycles. The van der Waals surface area contributed by atoms with Crippen LogP contribution in [0, 0.1) is 5.82 Å². The molecule has 140 valence electrons. The Morgan fingerprint density at radius 2 is 1.82 bits per heavy atom. The number of rotatable bonds is 2. The molecule has 1 heterocycles. The molecule has 0 radical (unpaired) electrons. The second kappa shape index (κ2) is 7.56. The second-order valence-electron chi connectivity index (χ2n) is 6.54. The van der Waals surface area contributed by atoms with Crippen molar-refractivity contribution in [1.29, 1.82) is 0 Å². The monoisotopic (exact) mass is 438 g/mol. The van der Waals surface area contributed by atoms with Crippen LogP contribution < -0.4 is 5.32 Å². The first-order valence-corrected chi connectivity index (χ1v) is 9.53. The Hall–Kier alpha value is -2.99. The quantitative estimate of drug-likeness (QED) is 0.626. The number of halogens is 2. The van der Waals surface area contributed by atoms with Gasteiger partial charge in [-0.05, 0) is 42.0 Å². The molecule has 0 spiro atoms. The van der Waals surface area contributed by atoms with E-state index in [4.69, 9.17) is 0 Å². The van der Waals surface area contributed by atoms with E-state index in [-0.39, 0.29) is 18.4 Å². The van der Waals surface area contributed by atoms with Crippen molar-refractivity contribution in [2.24, 2.45) is 0 Å². The van der Waals surface area contributed by atoms with E-state index in [1.54, 1.807) is 18.2 Å². The van der Waals surface area contributed by atoms with Gasteiger partial charge in [0.15, 0.2) is 0 Å². The summed E-state index contributed by atoms with van der Waals surface area (Å²) in [6.45, 7) is -0.138. The first kappa shape index (κ1) is 18.4. The lowest BCUT2D eigenvalue weighted by atomic mass is 9.95. The molecule has 2 amide bonds. The number of hydrogen-bond donors (Lipinski definition) is 1. The highest BCUT2D eigenvalue weighted by molar-refractivity contribution is 9.10. The van der Waals surface area contributed by atoms with Gasteiger partial charge in [0.2, 0.25) is 5.91 Å². The maximum atomic E-state index is 14.1. The van der Waals surface area contributed by atoms with Crippen molar-refractivity contribution in [3.05, 3.63) is 99.8 Å². The maximum absolute atomic E-state index is 14.1. The summed E-state index contributed by atoms with van der Waals surface area (Å²) in [7, 11) is 0. The van der Waals surface area contributed by atoms with Crippen molar-refractivity contribution >= 4 is 33.4 Å². The van der Waals surface area contributed by atoms with Crippen molar-refractivity contribution in [3.63, 3.8) is 0 Å². The third kappa shape index (κ3) is 3.55. The van der Waals surface area contributed by atoms with Crippen LogP contribution in [0.15, 0.2) is 77.3 Å². The molecular formula is C22H16BrFN2O2. The van der Waals surface area contributed by atoms with Crippen LogP contribution in [0.2, 0.25) is 0 Å². The van der Waals surface area contributed by atoms with Gasteiger partial charge in [0.25, 0.3) is 5.91 Å². The number of carbonyl (C=O) groups is 2. The van der Waals surface area contributed by atoms with Gasteiger partial charge >= 0.3 is 0 Å². The first-order valence-electron chi connectivity index (χ1n) is 8.74. The smallest absolute Gasteiger partial charge is 0.255 e. The summed E-state index contributed by atoms with van der Waals surface area (Å²) in [6.07, 6.45) is 0. The van der Waals surface area contributed by atoms with Gasteiger partial charge in [0.05, 0.1) is 6.04 Å². The molecule has 0 saturated carbocycles. The summed E-state index contributed by atoms with van der Waals surface area (Å²) in [4.78, 5) is 27.4. The van der Waals surface area contributed by atoms with Crippen LogP contribution in [0.25, 0.3) is 0 Å². The third-order valence-electron chi connectivity index (χ3n) is 4.66. The number of amides is 2. The number of nitrogens with zero attached hydrogens (tertiary/aromatic N) is 1. The van der Waals surface area contributed by atoms with Crippen LogP contribution >= 0.6 is 15.9 Å². The topological polar surface area (TPSA) is 49.4 Å². The van der Waals surface area contributed by atoms with Gasteiger partial charge in [-0.2, -0.15) is 0 Å². The summed E-state index contributed by atoms with van der Waals surface area (Å²) in [5.74, 6) is -1.05. The minimum atomic E-state index is -0.600. The SMILES string of the molecule is O=C1CN(C(=O)c2cccc(Br)c2)[C@@H](c2ccccc2)c2cc(F)ccc2N1. The summed E-state index contributed by atoms with van der Waals surface area (Å²) in [5, 5.41) is 2.79. The minimum absolute atomic E-state index is 0.138. The molecule has 0 aromatic heterocycles. The van der Waals surface area contributed by atoms with Crippen molar-refractivity contribution in [2.75, 3.05) is 11.9 Å². The molecule has 0 bridgehead atoms. The zero-order chi connectivity index (χ0) is 19.7. The molecule has 1 atom stereocenters. The number of fused-ring (bicyclic) bond motifs is 1. The first-order chi connectivity index (χ1) is 13.5. The van der Waals surface area contributed by atoms with E-state index in [2.05, 4.69) is 21.2 Å². The molecule has 3 aromatic rings. The van der Waals surface area contributed by atoms with Crippen LogP contribution in [-0.4, -0.2) is 23.3 Å². The lowest BCUT2D eigenvalue weighted by Gasteiger charge is -2.30. The highest BCUT2D eigenvalue weighted by Gasteiger charge is 2.34. The molecule has 1 aliphatic heterocycles. The summed E-state index contributed by atoms with van der Waals surface area (Å²) >= 11 is 3.38. The average Bonchev–Trinajstić information content (AvgIpc) is 2.83. The minimum Gasteiger partial charge on any atom is -0.324 e. The van der Waals surface area contributed by atoms with E-state index in [0.717, 1.165) is 10.0 Å². The number of nitrogens with one attached hydrogen (secondary N) is 1. The lowest BCUT2D eigenvalue weighted by molar-refractivity contribution is -0.117. The van der Waals surface area contributed by atoms with E-state index in [1.165, 1.54) is 23.1 Å². The number of carbonyl (C=O) groups excluding carboxylic acids is 2. The van der Waals surface area contributed by atoms with Crippen LogP contribution in [-0.2, 0) is 4.79 Å². The van der Waals surface area contributed by atoms with Crippen molar-refractivity contribution in [2.45, 2.75) is 6.04 Å². The fourth-order valence-electron chi connectivity index (χ4n) is 3.45. The summed E-state index contributed by atoms with van der Waals surface area (Å²) in [6, 6.07) is 19.9. The molecule has 4 nitrogen and oxygen atoms in total. The normalized spacial score (nSPS) is 16.1. The zero-order valence-electron chi connectivity index (χ0n) is 14.7. The van der Waals surface area contributed by atoms with Crippen LogP contribution in [0.4, 0.5) is 10.1 Å². The highest BCUT2D eigenvalue weighted by Crippen LogP contribution is 2.37. The maximum Gasteiger partial charge on any atom is 0.255 e. The largest absolute Gasteiger partial charge is 0.324 e. The van der Waals surface area contributed by atoms with Gasteiger partial charge in [-0.15, -0.1) is 0 Å². The molecule has 1 N–H and O–H groups in total. The summed E-state index contributed by atoms with van der Waals surface area (Å²) < 4.78 is 14.9. The average molecular weight is 439 g/mol. The molecule has 0 fully saturated rings. The Kier molecular flexibility index (Phi) is 4.96. The Morgan fingerprint density at radius 1 is 1.04 bits per heavy atom. The highest BCUT2D eigenvalue weighted by atomic mass is 79.9. The molecule has 28 heavy (non-hydrogen) atoms. The van der Waals surface area contributed by atoms with Gasteiger partial charge in [0, 0.05) is 21.3 Å². The van der Waals surface area contributed by atoms with Gasteiger partial charge in [-0.3, -0.25) is 9.59 Å². The zero-order valence-corrected chi connectivity index (χ0v) is 16.3. The second-order valence-corrected chi connectivity index (χ2v) is 7.45. The van der Waals surface area contributed by atoms with E-state index >= 15 is 0 Å². The number of anilines is 1. The molecular weight excluding hydrogens is 423 g/mol. The van der Waals surface area contributed by atoms with Crippen LogP contribution in [0.5, 0.6) is 0 Å². The van der Waals surface area contributed by atoms with E-state index in [9.17, 15) is 14.0 Å². The Labute approximate surface area is 170 Å². The molecule has 0 saturated heterocycles. The number of hydrogen-bond acceptors (Lipinski definition) is 2. The van der Waals surface area contributed by atoms with E-state index in [0.29, 0.717) is 16.8 Å². The van der Waals surface area contributed by atoms with E-state index in [1.807, 2.05) is 36.4 Å². The molecule has 1 aliphatic rings. The molecule has 4 rings (SSSR count). The van der Waals surface area contributed by atoms with Crippen molar-refractivity contribution < 1.29 is 14.0 Å². The van der Waals surface area contributed by atoms with Gasteiger partial charge < -0.3 is 10.2 Å². The van der Waals surface area contributed by atoms with Crippen LogP contribution in [0.3, 0.4) is 0 Å². The lowest BCUT2D eigenvalue weighted by Crippen LogP contribution is -2.39. The van der Waals surface area contributed by atoms with Gasteiger partial charge in [-0.25, -0.2) is 4.39 Å². The molecule has 6 heteroatoms. The Morgan fingerprint density at radius 3 is 2.57 bits per heavy atom. The fraction of sp³-hybridized carbons (Fsp3) is 0.0909. The number of benzene rings is 3. The van der Waals surface area contributed by atoms with Gasteiger partial charge in [0.1, 0.15) is 12.4 Å². The summed E-state index contributed by atoms with van der Waals surface area (Å²) in [5.41, 5.74) is 2.29. The molecule has 3 aromatic carbocycles.